The van der Waals surface area contributed by atoms with Crippen molar-refractivity contribution in [1.29, 1.82) is 0 Å². The van der Waals surface area contributed by atoms with E-state index in [9.17, 15) is 17.2 Å². The van der Waals surface area contributed by atoms with Crippen LogP contribution in [0.25, 0.3) is 0 Å². The summed E-state index contributed by atoms with van der Waals surface area (Å²) in [6.07, 6.45) is 1.63. The van der Waals surface area contributed by atoms with E-state index in [1.54, 1.807) is 6.92 Å². The number of sulfonamides is 1. The Kier molecular flexibility index (Phi) is 4.65. The fourth-order valence-electron chi connectivity index (χ4n) is 2.63. The van der Waals surface area contributed by atoms with Crippen LogP contribution in [-0.4, -0.2) is 25.3 Å². The lowest BCUT2D eigenvalue weighted by molar-refractivity contribution is 0.217. The van der Waals surface area contributed by atoms with E-state index in [0.29, 0.717) is 13.0 Å². The Hall–Kier alpha value is -1.05. The summed E-state index contributed by atoms with van der Waals surface area (Å²) in [7, 11) is -4.07. The number of nitrogens with two attached hydrogens (primary N) is 1. The summed E-state index contributed by atoms with van der Waals surface area (Å²) in [4.78, 5) is -0.621. The largest absolute Gasteiger partial charge is 0.326 e. The Balaban J connectivity index is 2.51. The van der Waals surface area contributed by atoms with Crippen molar-refractivity contribution in [1.82, 2.24) is 4.31 Å². The molecule has 0 radical (unpaired) electrons. The van der Waals surface area contributed by atoms with Gasteiger partial charge in [0.25, 0.3) is 0 Å². The van der Waals surface area contributed by atoms with Gasteiger partial charge in [-0.15, -0.1) is 0 Å². The first-order valence-electron chi connectivity index (χ1n) is 6.97. The zero-order valence-corrected chi connectivity index (χ0v) is 13.0. The minimum atomic E-state index is -4.07. The van der Waals surface area contributed by atoms with Crippen molar-refractivity contribution >= 4 is 10.0 Å². The minimum absolute atomic E-state index is 0.0499. The van der Waals surface area contributed by atoms with Crippen molar-refractivity contribution in [3.05, 3.63) is 29.3 Å². The first-order valence-corrected chi connectivity index (χ1v) is 8.41. The third kappa shape index (κ3) is 3.09. The molecule has 2 atom stereocenters. The maximum atomic E-state index is 14.0. The lowest BCUT2D eigenvalue weighted by Gasteiger charge is -2.35. The van der Waals surface area contributed by atoms with Gasteiger partial charge in [-0.2, -0.15) is 4.31 Å². The van der Waals surface area contributed by atoms with E-state index >= 15 is 0 Å². The molecule has 1 aromatic carbocycles. The molecule has 0 saturated carbocycles. The summed E-state index contributed by atoms with van der Waals surface area (Å²) < 4.78 is 54.1. The quantitative estimate of drug-likeness (QED) is 0.929. The van der Waals surface area contributed by atoms with Crippen LogP contribution in [0, 0.1) is 17.6 Å². The minimum Gasteiger partial charge on any atom is -0.326 e. The number of piperidine rings is 1. The van der Waals surface area contributed by atoms with Crippen LogP contribution in [-0.2, 0) is 16.6 Å². The monoisotopic (exact) mass is 318 g/mol. The molecular formula is C14H20F2N2O2S. The molecule has 1 heterocycles. The van der Waals surface area contributed by atoms with E-state index < -0.39 is 26.6 Å². The summed E-state index contributed by atoms with van der Waals surface area (Å²) in [6, 6.07) is 1.83. The van der Waals surface area contributed by atoms with Crippen LogP contribution in [0.5, 0.6) is 0 Å². The lowest BCUT2D eigenvalue weighted by atomic mass is 9.97. The van der Waals surface area contributed by atoms with E-state index in [1.807, 2.05) is 6.92 Å². The predicted molar refractivity (Wildman–Crippen MR) is 76.0 cm³/mol. The Bertz CT molecular complexity index is 634. The van der Waals surface area contributed by atoms with E-state index in [0.717, 1.165) is 18.6 Å². The summed E-state index contributed by atoms with van der Waals surface area (Å²) in [6.45, 7) is 4.00. The standard InChI is InChI=1S/C14H20F2N2O2S/c1-9-3-4-10(2)18(8-9)21(19,20)13-6-11(7-17)5-12(15)14(13)16/h5-6,9-10H,3-4,7-8,17H2,1-2H3. The van der Waals surface area contributed by atoms with Crippen molar-refractivity contribution in [2.24, 2.45) is 11.7 Å². The van der Waals surface area contributed by atoms with E-state index in [1.165, 1.54) is 4.31 Å². The second-order valence-corrected chi connectivity index (χ2v) is 7.56. The van der Waals surface area contributed by atoms with Gasteiger partial charge in [0.1, 0.15) is 4.90 Å². The molecular weight excluding hydrogens is 298 g/mol. The van der Waals surface area contributed by atoms with Crippen LogP contribution < -0.4 is 5.73 Å². The maximum Gasteiger partial charge on any atom is 0.246 e. The molecule has 4 nitrogen and oxygen atoms in total. The summed E-state index contributed by atoms with van der Waals surface area (Å²) in [5.41, 5.74) is 5.67. The molecule has 0 aliphatic carbocycles. The molecule has 0 aromatic heterocycles. The molecule has 7 heteroatoms. The van der Waals surface area contributed by atoms with Gasteiger partial charge in [-0.25, -0.2) is 17.2 Å². The van der Waals surface area contributed by atoms with Gasteiger partial charge in [-0.05, 0) is 43.4 Å². The van der Waals surface area contributed by atoms with Gasteiger partial charge >= 0.3 is 0 Å². The van der Waals surface area contributed by atoms with Crippen LogP contribution in [0.3, 0.4) is 0 Å². The molecule has 118 valence electrons. The molecule has 1 fully saturated rings. The summed E-state index contributed by atoms with van der Waals surface area (Å²) in [5, 5.41) is 0. The molecule has 2 N–H and O–H groups in total. The maximum absolute atomic E-state index is 14.0. The summed E-state index contributed by atoms with van der Waals surface area (Å²) >= 11 is 0. The predicted octanol–water partition coefficient (Wildman–Crippen LogP) is 2.23. The van der Waals surface area contributed by atoms with Gasteiger partial charge < -0.3 is 5.73 Å². The number of benzene rings is 1. The number of hydrogen-bond donors (Lipinski definition) is 1. The zero-order chi connectivity index (χ0) is 15.8. The van der Waals surface area contributed by atoms with Crippen LogP contribution >= 0.6 is 0 Å². The average molecular weight is 318 g/mol. The topological polar surface area (TPSA) is 63.4 Å². The number of halogens is 2. The van der Waals surface area contributed by atoms with E-state index in [4.69, 9.17) is 5.73 Å². The van der Waals surface area contributed by atoms with Crippen molar-refractivity contribution in [2.45, 2.75) is 44.2 Å². The second kappa shape index (κ2) is 5.98. The van der Waals surface area contributed by atoms with Crippen molar-refractivity contribution < 1.29 is 17.2 Å². The van der Waals surface area contributed by atoms with Crippen LogP contribution in [0.4, 0.5) is 8.78 Å². The van der Waals surface area contributed by atoms with Gasteiger partial charge in [0.2, 0.25) is 10.0 Å². The highest BCUT2D eigenvalue weighted by atomic mass is 32.2. The van der Waals surface area contributed by atoms with Gasteiger partial charge in [0.05, 0.1) is 0 Å². The smallest absolute Gasteiger partial charge is 0.246 e. The van der Waals surface area contributed by atoms with Crippen LogP contribution in [0.2, 0.25) is 0 Å². The molecule has 2 unspecified atom stereocenters. The highest BCUT2D eigenvalue weighted by Gasteiger charge is 2.36. The third-order valence-corrected chi connectivity index (χ3v) is 5.92. The SMILES string of the molecule is CC1CCC(C)N(S(=O)(=O)c2cc(CN)cc(F)c2F)C1. The highest BCUT2D eigenvalue weighted by Crippen LogP contribution is 2.30. The lowest BCUT2D eigenvalue weighted by Crippen LogP contribution is -2.45. The Labute approximate surface area is 124 Å². The normalized spacial score (nSPS) is 24.2. The molecule has 0 spiro atoms. The summed E-state index contributed by atoms with van der Waals surface area (Å²) in [5.74, 6) is -2.33. The van der Waals surface area contributed by atoms with Gasteiger partial charge in [0, 0.05) is 19.1 Å². The molecule has 1 aliphatic heterocycles. The van der Waals surface area contributed by atoms with Crippen molar-refractivity contribution in [2.75, 3.05) is 6.54 Å². The van der Waals surface area contributed by atoms with Crippen molar-refractivity contribution in [3.8, 4) is 0 Å². The van der Waals surface area contributed by atoms with Crippen molar-refractivity contribution in [3.63, 3.8) is 0 Å². The first kappa shape index (κ1) is 16.3. The van der Waals surface area contributed by atoms with Gasteiger partial charge in [-0.3, -0.25) is 0 Å². The molecule has 1 aromatic rings. The van der Waals surface area contributed by atoms with E-state index in [2.05, 4.69) is 0 Å². The Morgan fingerprint density at radius 1 is 1.29 bits per heavy atom. The van der Waals surface area contributed by atoms with Gasteiger partial charge in [-0.1, -0.05) is 6.92 Å². The number of nitrogens with zero attached hydrogens (tertiary/aromatic N) is 1. The average Bonchev–Trinajstić information content (AvgIpc) is 2.43. The first-order chi connectivity index (χ1) is 9.77. The number of hydrogen-bond acceptors (Lipinski definition) is 3. The fourth-order valence-corrected chi connectivity index (χ4v) is 4.54. The molecule has 1 saturated heterocycles. The van der Waals surface area contributed by atoms with Crippen LogP contribution in [0.1, 0.15) is 32.3 Å². The van der Waals surface area contributed by atoms with Gasteiger partial charge in [0.15, 0.2) is 11.6 Å². The zero-order valence-electron chi connectivity index (χ0n) is 12.1. The molecule has 1 aliphatic rings. The van der Waals surface area contributed by atoms with E-state index in [-0.39, 0.29) is 24.1 Å². The Morgan fingerprint density at radius 3 is 2.57 bits per heavy atom. The molecule has 2 rings (SSSR count). The molecule has 0 amide bonds. The number of rotatable bonds is 3. The fraction of sp³-hybridized carbons (Fsp3) is 0.571. The van der Waals surface area contributed by atoms with Crippen LogP contribution in [0.15, 0.2) is 17.0 Å². The third-order valence-electron chi connectivity index (χ3n) is 3.94. The molecule has 21 heavy (non-hydrogen) atoms. The highest BCUT2D eigenvalue weighted by molar-refractivity contribution is 7.89. The second-order valence-electron chi connectivity index (χ2n) is 5.70. The molecule has 0 bridgehead atoms. The Morgan fingerprint density at radius 2 is 1.95 bits per heavy atom.